The van der Waals surface area contributed by atoms with E-state index in [2.05, 4.69) is 24.3 Å². The molecule has 3 aliphatic rings. The van der Waals surface area contributed by atoms with Gasteiger partial charge in [-0.2, -0.15) is 0 Å². The van der Waals surface area contributed by atoms with Crippen molar-refractivity contribution in [2.45, 2.75) is 49.3 Å². The lowest BCUT2D eigenvalue weighted by atomic mass is 9.80. The highest BCUT2D eigenvalue weighted by molar-refractivity contribution is 5.79. The normalized spacial score (nSPS) is 24.4. The molecule has 1 aliphatic carbocycles. The van der Waals surface area contributed by atoms with E-state index in [0.29, 0.717) is 12.8 Å². The smallest absolute Gasteiger partial charge is 0.410 e. The fourth-order valence-electron chi connectivity index (χ4n) is 6.45. The number of piperidine rings is 1. The predicted molar refractivity (Wildman–Crippen MR) is 130 cm³/mol. The van der Waals surface area contributed by atoms with Gasteiger partial charge in [0.25, 0.3) is 0 Å². The minimum absolute atomic E-state index is 0.0361. The maximum Gasteiger partial charge on any atom is 0.410 e. The summed E-state index contributed by atoms with van der Waals surface area (Å²) in [5.74, 6) is -2.22. The largest absolute Gasteiger partial charge is 0.491 e. The first kappa shape index (κ1) is 23.0. The summed E-state index contributed by atoms with van der Waals surface area (Å²) in [4.78, 5) is 15.0. The van der Waals surface area contributed by atoms with Crippen LogP contribution < -0.4 is 4.74 Å². The summed E-state index contributed by atoms with van der Waals surface area (Å²) in [6, 6.07) is 18.1. The average Bonchev–Trinajstić information content (AvgIpc) is 3.34. The van der Waals surface area contributed by atoms with Crippen LogP contribution >= 0.6 is 0 Å². The molecular formula is C29H27F2NO4. The van der Waals surface area contributed by atoms with Crippen molar-refractivity contribution in [2.75, 3.05) is 13.7 Å². The molecule has 2 saturated heterocycles. The lowest BCUT2D eigenvalue weighted by molar-refractivity contribution is -0.0535. The van der Waals surface area contributed by atoms with Crippen LogP contribution in [0, 0.1) is 11.6 Å². The molecule has 36 heavy (non-hydrogen) atoms. The van der Waals surface area contributed by atoms with Crippen molar-refractivity contribution >= 4 is 6.09 Å². The number of carbonyl (C=O) groups excluding carboxylic acids is 1. The zero-order chi connectivity index (χ0) is 25.0. The highest BCUT2D eigenvalue weighted by Crippen LogP contribution is 2.48. The van der Waals surface area contributed by atoms with Crippen LogP contribution in [0.3, 0.4) is 0 Å². The lowest BCUT2D eigenvalue weighted by Gasteiger charge is -2.43. The summed E-state index contributed by atoms with van der Waals surface area (Å²) in [5, 5.41) is 11.4. The Bertz CT molecular complexity index is 1260. The standard InChI is InChI=1S/C29H27F2NO4/c1-35-27-25(30)12-17(13-26(27)31)29(34)14-18-10-11-19(15-29)32(18)28(33)36-16-24-22-8-4-2-6-20(22)21-7-3-5-9-23(21)24/h2-9,12-13,18-19,24,34H,10-11,14-16H2,1H3. The maximum atomic E-state index is 14.3. The van der Waals surface area contributed by atoms with Crippen molar-refractivity contribution in [1.82, 2.24) is 4.90 Å². The van der Waals surface area contributed by atoms with Gasteiger partial charge in [-0.15, -0.1) is 0 Å². The van der Waals surface area contributed by atoms with E-state index >= 15 is 0 Å². The Morgan fingerprint density at radius 2 is 1.50 bits per heavy atom. The van der Waals surface area contributed by atoms with Crippen molar-refractivity contribution in [3.05, 3.63) is 89.0 Å². The summed E-state index contributed by atoms with van der Waals surface area (Å²) in [6.45, 7) is 0.224. The van der Waals surface area contributed by atoms with Gasteiger partial charge < -0.3 is 19.5 Å². The molecule has 2 heterocycles. The molecule has 7 heteroatoms. The molecule has 6 rings (SSSR count). The number of halogens is 2. The molecule has 2 atom stereocenters. The number of amides is 1. The van der Waals surface area contributed by atoms with Crippen LogP contribution in [0.15, 0.2) is 60.7 Å². The van der Waals surface area contributed by atoms with E-state index in [0.717, 1.165) is 34.4 Å². The Morgan fingerprint density at radius 3 is 2.03 bits per heavy atom. The van der Waals surface area contributed by atoms with Crippen molar-refractivity contribution in [3.8, 4) is 16.9 Å². The number of nitrogens with zero attached hydrogens (tertiary/aromatic N) is 1. The molecule has 1 amide bonds. The van der Waals surface area contributed by atoms with Crippen molar-refractivity contribution in [2.24, 2.45) is 0 Å². The van der Waals surface area contributed by atoms with Gasteiger partial charge in [0, 0.05) is 30.8 Å². The fourth-order valence-corrected chi connectivity index (χ4v) is 6.45. The van der Waals surface area contributed by atoms with Crippen molar-refractivity contribution in [3.63, 3.8) is 0 Å². The second-order valence-electron chi connectivity index (χ2n) is 10.0. The second kappa shape index (κ2) is 8.59. The van der Waals surface area contributed by atoms with E-state index in [-0.39, 0.29) is 43.0 Å². The average molecular weight is 492 g/mol. The molecule has 2 unspecified atom stereocenters. The summed E-state index contributed by atoms with van der Waals surface area (Å²) in [7, 11) is 1.20. The zero-order valence-corrected chi connectivity index (χ0v) is 19.9. The van der Waals surface area contributed by atoms with E-state index in [1.165, 1.54) is 7.11 Å². The fraction of sp³-hybridized carbons (Fsp3) is 0.345. The molecule has 0 aromatic heterocycles. The van der Waals surface area contributed by atoms with Gasteiger partial charge in [-0.1, -0.05) is 48.5 Å². The molecule has 2 fully saturated rings. The SMILES string of the molecule is COc1c(F)cc(C2(O)CC3CCC(C2)N3C(=O)OCC2c3ccccc3-c3ccccc32)cc1F. The highest BCUT2D eigenvalue weighted by Gasteiger charge is 2.51. The van der Waals surface area contributed by atoms with Gasteiger partial charge in [0.05, 0.1) is 12.7 Å². The number of carbonyl (C=O) groups is 1. The van der Waals surface area contributed by atoms with Gasteiger partial charge in [0.15, 0.2) is 17.4 Å². The number of aliphatic hydroxyl groups is 1. The quantitative estimate of drug-likeness (QED) is 0.506. The zero-order valence-electron chi connectivity index (χ0n) is 19.9. The molecule has 0 saturated carbocycles. The molecule has 2 aliphatic heterocycles. The van der Waals surface area contributed by atoms with Crippen LogP contribution in [-0.2, 0) is 10.3 Å². The third-order valence-electron chi connectivity index (χ3n) is 8.05. The van der Waals surface area contributed by atoms with Crippen molar-refractivity contribution in [1.29, 1.82) is 0 Å². The lowest BCUT2D eigenvalue weighted by Crippen LogP contribution is -2.52. The first-order valence-corrected chi connectivity index (χ1v) is 12.3. The molecule has 0 radical (unpaired) electrons. The summed E-state index contributed by atoms with van der Waals surface area (Å²) in [5.41, 5.74) is 3.35. The van der Waals surface area contributed by atoms with Crippen LogP contribution in [0.25, 0.3) is 11.1 Å². The summed E-state index contributed by atoms with van der Waals surface area (Å²) >= 11 is 0. The van der Waals surface area contributed by atoms with Crippen LogP contribution in [0.5, 0.6) is 5.75 Å². The van der Waals surface area contributed by atoms with Gasteiger partial charge in [-0.3, -0.25) is 0 Å². The van der Waals surface area contributed by atoms with Gasteiger partial charge in [-0.05, 0) is 52.8 Å². The van der Waals surface area contributed by atoms with Crippen LogP contribution in [0.1, 0.15) is 48.3 Å². The second-order valence-corrected chi connectivity index (χ2v) is 10.0. The Kier molecular flexibility index (Phi) is 5.48. The first-order valence-electron chi connectivity index (χ1n) is 12.3. The number of ether oxygens (including phenoxy) is 2. The predicted octanol–water partition coefficient (Wildman–Crippen LogP) is 5.74. The Labute approximate surface area is 208 Å². The number of hydrogen-bond acceptors (Lipinski definition) is 4. The van der Waals surface area contributed by atoms with Gasteiger partial charge in [0.2, 0.25) is 0 Å². The molecule has 1 N–H and O–H groups in total. The van der Waals surface area contributed by atoms with Crippen LogP contribution in [0.2, 0.25) is 0 Å². The minimum atomic E-state index is -1.43. The number of benzene rings is 3. The Hall–Kier alpha value is -3.45. The Morgan fingerprint density at radius 1 is 0.972 bits per heavy atom. The van der Waals surface area contributed by atoms with E-state index < -0.39 is 29.1 Å². The third kappa shape index (κ3) is 3.56. The molecule has 0 spiro atoms. The molecule has 186 valence electrons. The van der Waals surface area contributed by atoms with Crippen LogP contribution in [-0.4, -0.2) is 41.9 Å². The molecule has 3 aromatic carbocycles. The van der Waals surface area contributed by atoms with E-state index in [9.17, 15) is 18.7 Å². The van der Waals surface area contributed by atoms with Crippen LogP contribution in [0.4, 0.5) is 13.6 Å². The molecule has 3 aromatic rings. The van der Waals surface area contributed by atoms with E-state index in [1.54, 1.807) is 4.90 Å². The highest BCUT2D eigenvalue weighted by atomic mass is 19.1. The van der Waals surface area contributed by atoms with Gasteiger partial charge in [-0.25, -0.2) is 13.6 Å². The minimum Gasteiger partial charge on any atom is -0.491 e. The van der Waals surface area contributed by atoms with Gasteiger partial charge in [0.1, 0.15) is 6.61 Å². The number of methoxy groups -OCH3 is 1. The topological polar surface area (TPSA) is 59.0 Å². The summed E-state index contributed by atoms with van der Waals surface area (Å²) in [6.07, 6.45) is 1.40. The third-order valence-corrected chi connectivity index (χ3v) is 8.05. The Balaban J connectivity index is 1.19. The molecule has 5 nitrogen and oxygen atoms in total. The van der Waals surface area contributed by atoms with E-state index in [4.69, 9.17) is 9.47 Å². The van der Waals surface area contributed by atoms with E-state index in [1.807, 2.05) is 24.3 Å². The summed E-state index contributed by atoms with van der Waals surface area (Å²) < 4.78 is 39.3. The number of rotatable bonds is 4. The van der Waals surface area contributed by atoms with Crippen molar-refractivity contribution < 1.29 is 28.2 Å². The molecular weight excluding hydrogens is 464 g/mol. The first-order chi connectivity index (χ1) is 17.4. The molecule has 2 bridgehead atoms. The number of hydrogen-bond donors (Lipinski definition) is 1. The maximum absolute atomic E-state index is 14.3. The van der Waals surface area contributed by atoms with Gasteiger partial charge >= 0.3 is 6.09 Å². The monoisotopic (exact) mass is 491 g/mol. The number of fused-ring (bicyclic) bond motifs is 5.